The molecule has 0 saturated carbocycles. The Morgan fingerprint density at radius 3 is 2.37 bits per heavy atom. The first-order valence-corrected chi connectivity index (χ1v) is 9.55. The van der Waals surface area contributed by atoms with Crippen LogP contribution >= 0.6 is 0 Å². The van der Waals surface area contributed by atoms with Gasteiger partial charge >= 0.3 is 0 Å². The van der Waals surface area contributed by atoms with Gasteiger partial charge in [-0.05, 0) is 60.5 Å². The highest BCUT2D eigenvalue weighted by molar-refractivity contribution is 7.92. The van der Waals surface area contributed by atoms with E-state index in [0.717, 1.165) is 11.6 Å². The number of anilines is 2. The Morgan fingerprint density at radius 2 is 1.74 bits per heavy atom. The van der Waals surface area contributed by atoms with Crippen molar-refractivity contribution in [1.29, 1.82) is 0 Å². The lowest BCUT2D eigenvalue weighted by Crippen LogP contribution is -2.14. The predicted octanol–water partition coefficient (Wildman–Crippen LogP) is 4.08. The van der Waals surface area contributed by atoms with Crippen molar-refractivity contribution >= 4 is 21.5 Å². The molecule has 0 radical (unpaired) electrons. The first-order valence-electron chi connectivity index (χ1n) is 8.07. The van der Waals surface area contributed by atoms with Crippen LogP contribution in [0.15, 0.2) is 65.7 Å². The van der Waals surface area contributed by atoms with Crippen molar-refractivity contribution in [3.05, 3.63) is 83.6 Å². The zero-order valence-electron chi connectivity index (χ0n) is 14.4. The molecule has 1 aromatic heterocycles. The molecule has 0 aliphatic rings. The SMILES string of the molecule is Cc1cc(S(=O)(=O)Nc2ccc(NCc3ccc(F)cc3)cn2)ccc1F. The number of hydrogen-bond acceptors (Lipinski definition) is 4. The predicted molar refractivity (Wildman–Crippen MR) is 99.9 cm³/mol. The number of benzene rings is 2. The molecule has 27 heavy (non-hydrogen) atoms. The third-order valence-electron chi connectivity index (χ3n) is 3.85. The van der Waals surface area contributed by atoms with Crippen LogP contribution in [0.4, 0.5) is 20.3 Å². The second kappa shape index (κ2) is 7.71. The van der Waals surface area contributed by atoms with Gasteiger partial charge in [0.25, 0.3) is 10.0 Å². The molecular weight excluding hydrogens is 372 g/mol. The van der Waals surface area contributed by atoms with Crippen LogP contribution < -0.4 is 10.0 Å². The van der Waals surface area contributed by atoms with Crippen LogP contribution in [0.25, 0.3) is 0 Å². The minimum Gasteiger partial charge on any atom is -0.380 e. The van der Waals surface area contributed by atoms with Crippen molar-refractivity contribution in [2.45, 2.75) is 18.4 Å². The third kappa shape index (κ3) is 4.79. The minimum atomic E-state index is -3.86. The van der Waals surface area contributed by atoms with Gasteiger partial charge < -0.3 is 5.32 Å². The third-order valence-corrected chi connectivity index (χ3v) is 5.20. The molecule has 0 aliphatic heterocycles. The molecule has 0 fully saturated rings. The molecule has 0 aliphatic carbocycles. The molecule has 0 saturated heterocycles. The van der Waals surface area contributed by atoms with E-state index in [1.165, 1.54) is 43.5 Å². The molecule has 0 unspecified atom stereocenters. The Labute approximate surface area is 156 Å². The van der Waals surface area contributed by atoms with Gasteiger partial charge in [0.1, 0.15) is 17.5 Å². The van der Waals surface area contributed by atoms with Gasteiger partial charge in [0.05, 0.1) is 16.8 Å². The van der Waals surface area contributed by atoms with Gasteiger partial charge in [-0.25, -0.2) is 22.2 Å². The maximum Gasteiger partial charge on any atom is 0.263 e. The topological polar surface area (TPSA) is 71.1 Å². The van der Waals surface area contributed by atoms with Crippen molar-refractivity contribution < 1.29 is 17.2 Å². The maximum absolute atomic E-state index is 13.3. The molecule has 3 rings (SSSR count). The van der Waals surface area contributed by atoms with E-state index in [2.05, 4.69) is 15.0 Å². The number of aryl methyl sites for hydroxylation is 1. The largest absolute Gasteiger partial charge is 0.380 e. The molecule has 2 N–H and O–H groups in total. The number of nitrogens with zero attached hydrogens (tertiary/aromatic N) is 1. The van der Waals surface area contributed by atoms with Crippen LogP contribution in [0, 0.1) is 18.6 Å². The van der Waals surface area contributed by atoms with Crippen LogP contribution in [0.5, 0.6) is 0 Å². The molecule has 140 valence electrons. The highest BCUT2D eigenvalue weighted by atomic mass is 32.2. The van der Waals surface area contributed by atoms with Gasteiger partial charge in [-0.15, -0.1) is 0 Å². The monoisotopic (exact) mass is 389 g/mol. The number of pyridine rings is 1. The molecule has 1 heterocycles. The summed E-state index contributed by atoms with van der Waals surface area (Å²) in [6.07, 6.45) is 1.48. The second-order valence-electron chi connectivity index (χ2n) is 5.93. The Balaban J connectivity index is 1.66. The summed E-state index contributed by atoms with van der Waals surface area (Å²) in [4.78, 5) is 4.03. The summed E-state index contributed by atoms with van der Waals surface area (Å²) in [5, 5.41) is 3.11. The molecule has 2 aromatic carbocycles. The Morgan fingerprint density at radius 1 is 1.00 bits per heavy atom. The van der Waals surface area contributed by atoms with Crippen molar-refractivity contribution in [1.82, 2.24) is 4.98 Å². The van der Waals surface area contributed by atoms with E-state index in [1.54, 1.807) is 18.2 Å². The molecule has 3 aromatic rings. The van der Waals surface area contributed by atoms with E-state index in [1.807, 2.05) is 0 Å². The fourth-order valence-corrected chi connectivity index (χ4v) is 3.44. The Hall–Kier alpha value is -3.00. The average molecular weight is 389 g/mol. The smallest absolute Gasteiger partial charge is 0.263 e. The lowest BCUT2D eigenvalue weighted by atomic mass is 10.2. The van der Waals surface area contributed by atoms with Gasteiger partial charge in [0, 0.05) is 6.54 Å². The van der Waals surface area contributed by atoms with Gasteiger partial charge in [-0.1, -0.05) is 12.1 Å². The van der Waals surface area contributed by atoms with Gasteiger partial charge in [-0.2, -0.15) is 0 Å². The number of hydrogen-bond donors (Lipinski definition) is 2. The fraction of sp³-hybridized carbons (Fsp3) is 0.105. The van der Waals surface area contributed by atoms with E-state index >= 15 is 0 Å². The van der Waals surface area contributed by atoms with Crippen molar-refractivity contribution in [2.24, 2.45) is 0 Å². The summed E-state index contributed by atoms with van der Waals surface area (Å²) in [7, 11) is -3.86. The lowest BCUT2D eigenvalue weighted by Gasteiger charge is -2.10. The van der Waals surface area contributed by atoms with Crippen molar-refractivity contribution in [3.8, 4) is 0 Å². The Bertz CT molecular complexity index is 1040. The Kier molecular flexibility index (Phi) is 5.36. The van der Waals surface area contributed by atoms with E-state index in [0.29, 0.717) is 12.2 Å². The molecule has 0 atom stereocenters. The number of rotatable bonds is 6. The van der Waals surface area contributed by atoms with Crippen LogP contribution in [-0.2, 0) is 16.6 Å². The summed E-state index contributed by atoms with van der Waals surface area (Å²) < 4.78 is 53.3. The second-order valence-corrected chi connectivity index (χ2v) is 7.61. The van der Waals surface area contributed by atoms with Gasteiger partial charge in [0.2, 0.25) is 0 Å². The van der Waals surface area contributed by atoms with Crippen molar-refractivity contribution in [3.63, 3.8) is 0 Å². The van der Waals surface area contributed by atoms with Crippen molar-refractivity contribution in [2.75, 3.05) is 10.0 Å². The van der Waals surface area contributed by atoms with E-state index in [-0.39, 0.29) is 22.1 Å². The van der Waals surface area contributed by atoms with Gasteiger partial charge in [0.15, 0.2) is 0 Å². The standard InChI is InChI=1S/C19H17F2N3O2S/c1-13-10-17(7-8-18(13)21)27(25,26)24-19-9-6-16(12-23-19)22-11-14-2-4-15(20)5-3-14/h2-10,12,22H,11H2,1H3,(H,23,24). The van der Waals surface area contributed by atoms with Crippen LogP contribution in [-0.4, -0.2) is 13.4 Å². The molecule has 5 nitrogen and oxygen atoms in total. The highest BCUT2D eigenvalue weighted by Crippen LogP contribution is 2.18. The van der Waals surface area contributed by atoms with E-state index < -0.39 is 15.8 Å². The lowest BCUT2D eigenvalue weighted by molar-refractivity contribution is 0.598. The summed E-state index contributed by atoms with van der Waals surface area (Å²) in [6, 6.07) is 12.9. The zero-order valence-corrected chi connectivity index (χ0v) is 15.2. The molecule has 0 bridgehead atoms. The summed E-state index contributed by atoms with van der Waals surface area (Å²) in [5.74, 6) is -0.624. The van der Waals surface area contributed by atoms with Gasteiger partial charge in [-0.3, -0.25) is 4.72 Å². The quantitative estimate of drug-likeness (QED) is 0.666. The number of sulfonamides is 1. The fourth-order valence-electron chi connectivity index (χ4n) is 2.35. The first kappa shape index (κ1) is 18.8. The number of nitrogens with one attached hydrogen (secondary N) is 2. The summed E-state index contributed by atoms with van der Waals surface area (Å²) >= 11 is 0. The van der Waals surface area contributed by atoms with E-state index in [4.69, 9.17) is 0 Å². The van der Waals surface area contributed by atoms with Crippen LogP contribution in [0.3, 0.4) is 0 Å². The number of aromatic nitrogens is 1. The zero-order chi connectivity index (χ0) is 19.4. The van der Waals surface area contributed by atoms with Crippen LogP contribution in [0.2, 0.25) is 0 Å². The molecule has 8 heteroatoms. The average Bonchev–Trinajstić information content (AvgIpc) is 2.64. The highest BCUT2D eigenvalue weighted by Gasteiger charge is 2.16. The van der Waals surface area contributed by atoms with Crippen LogP contribution in [0.1, 0.15) is 11.1 Å². The molecule has 0 amide bonds. The van der Waals surface area contributed by atoms with E-state index in [9.17, 15) is 17.2 Å². The minimum absolute atomic E-state index is 0.0401. The molecular formula is C19H17F2N3O2S. The summed E-state index contributed by atoms with van der Waals surface area (Å²) in [6.45, 7) is 1.97. The normalized spacial score (nSPS) is 11.2. The first-order chi connectivity index (χ1) is 12.8. The summed E-state index contributed by atoms with van der Waals surface area (Å²) in [5.41, 5.74) is 1.82. The number of halogens is 2. The maximum atomic E-state index is 13.3. The molecule has 0 spiro atoms.